The van der Waals surface area contributed by atoms with Crippen molar-refractivity contribution < 1.29 is 4.39 Å². The second kappa shape index (κ2) is 5.34. The van der Waals surface area contributed by atoms with E-state index < -0.39 is 0 Å². The van der Waals surface area contributed by atoms with Crippen molar-refractivity contribution in [3.63, 3.8) is 0 Å². The maximum Gasteiger partial charge on any atom is 0.0894 e. The van der Waals surface area contributed by atoms with Crippen LogP contribution in [0.3, 0.4) is 0 Å². The normalized spacial score (nSPS) is 29.2. The van der Waals surface area contributed by atoms with E-state index >= 15 is 0 Å². The fourth-order valence-corrected chi connectivity index (χ4v) is 1.76. The molecule has 1 aliphatic carbocycles. The minimum atomic E-state index is -0.146. The number of rotatable bonds is 4. The minimum Gasteiger partial charge on any atom is -0.251 e. The average Bonchev–Trinajstić information content (AvgIpc) is 2.09. The van der Waals surface area contributed by atoms with Crippen LogP contribution in [0.2, 0.25) is 0 Å². The zero-order chi connectivity index (χ0) is 8.81. The molecule has 2 atom stereocenters. The van der Waals surface area contributed by atoms with Crippen LogP contribution in [0, 0.1) is 11.8 Å². The van der Waals surface area contributed by atoms with E-state index in [0.717, 1.165) is 24.7 Å². The predicted molar refractivity (Wildman–Crippen MR) is 50.9 cm³/mol. The van der Waals surface area contributed by atoms with E-state index in [1.807, 2.05) is 0 Å². The van der Waals surface area contributed by atoms with Gasteiger partial charge in [0.2, 0.25) is 0 Å². The first-order valence-corrected chi connectivity index (χ1v) is 5.07. The van der Waals surface area contributed by atoms with Gasteiger partial charge in [0.05, 0.1) is 6.67 Å². The fraction of sp³-hybridized carbons (Fsp3) is 0.818. The lowest BCUT2D eigenvalue weighted by Crippen LogP contribution is -2.06. The molecule has 2 unspecified atom stereocenters. The predicted octanol–water partition coefficient (Wildman–Crippen LogP) is 3.73. The number of halogens is 1. The van der Waals surface area contributed by atoms with Crippen molar-refractivity contribution in [2.45, 2.75) is 39.0 Å². The van der Waals surface area contributed by atoms with Crippen molar-refractivity contribution in [3.05, 3.63) is 12.2 Å². The van der Waals surface area contributed by atoms with Gasteiger partial charge in [-0.15, -0.1) is 0 Å². The summed E-state index contributed by atoms with van der Waals surface area (Å²) in [5, 5.41) is 0. The molecule has 0 aromatic heterocycles. The summed E-state index contributed by atoms with van der Waals surface area (Å²) in [6, 6.07) is 0. The molecule has 0 spiro atoms. The van der Waals surface area contributed by atoms with Crippen molar-refractivity contribution in [3.8, 4) is 0 Å². The summed E-state index contributed by atoms with van der Waals surface area (Å²) >= 11 is 0. The molecule has 0 bridgehead atoms. The Hall–Kier alpha value is -0.330. The minimum absolute atomic E-state index is 0.146. The second-order valence-electron chi connectivity index (χ2n) is 3.88. The molecule has 0 aromatic carbocycles. The molecular weight excluding hydrogens is 151 g/mol. The van der Waals surface area contributed by atoms with Gasteiger partial charge >= 0.3 is 0 Å². The summed E-state index contributed by atoms with van der Waals surface area (Å²) in [6.07, 6.45) is 10.3. The number of alkyl halides is 1. The van der Waals surface area contributed by atoms with Gasteiger partial charge in [0.15, 0.2) is 0 Å². The van der Waals surface area contributed by atoms with Crippen LogP contribution >= 0.6 is 0 Å². The van der Waals surface area contributed by atoms with Gasteiger partial charge in [0.1, 0.15) is 0 Å². The highest BCUT2D eigenvalue weighted by atomic mass is 19.1. The Morgan fingerprint density at radius 2 is 2.08 bits per heavy atom. The molecule has 0 radical (unpaired) electrons. The van der Waals surface area contributed by atoms with Crippen LogP contribution in [0.1, 0.15) is 39.0 Å². The largest absolute Gasteiger partial charge is 0.251 e. The molecular formula is C11H19F. The Morgan fingerprint density at radius 1 is 1.25 bits per heavy atom. The summed E-state index contributed by atoms with van der Waals surface area (Å²) in [4.78, 5) is 0. The molecule has 0 aliphatic heterocycles. The van der Waals surface area contributed by atoms with Gasteiger partial charge in [-0.25, -0.2) is 0 Å². The zero-order valence-electron chi connectivity index (χ0n) is 7.93. The second-order valence-corrected chi connectivity index (χ2v) is 3.88. The van der Waals surface area contributed by atoms with Crippen LogP contribution in [0.25, 0.3) is 0 Å². The van der Waals surface area contributed by atoms with Crippen LogP contribution in [-0.2, 0) is 0 Å². The fourth-order valence-electron chi connectivity index (χ4n) is 1.76. The quantitative estimate of drug-likeness (QED) is 0.445. The highest BCUT2D eigenvalue weighted by molar-refractivity contribution is 4.96. The lowest BCUT2D eigenvalue weighted by Gasteiger charge is -2.19. The standard InChI is InChI=1S/C11H19F/c1-10-5-7-11(8-6-10)4-2-3-9-12/h5,7,10-11H,2-4,6,8-9H2,1H3. The Bertz CT molecular complexity index is 140. The van der Waals surface area contributed by atoms with E-state index in [4.69, 9.17) is 0 Å². The van der Waals surface area contributed by atoms with Crippen LogP contribution < -0.4 is 0 Å². The van der Waals surface area contributed by atoms with E-state index in [2.05, 4.69) is 19.1 Å². The lowest BCUT2D eigenvalue weighted by atomic mass is 9.87. The van der Waals surface area contributed by atoms with Gasteiger partial charge in [-0.2, -0.15) is 0 Å². The van der Waals surface area contributed by atoms with Crippen molar-refractivity contribution in [1.29, 1.82) is 0 Å². The van der Waals surface area contributed by atoms with Gasteiger partial charge in [-0.1, -0.05) is 25.5 Å². The topological polar surface area (TPSA) is 0 Å². The number of allylic oxidation sites excluding steroid dienone is 2. The summed E-state index contributed by atoms with van der Waals surface area (Å²) < 4.78 is 11.8. The van der Waals surface area contributed by atoms with Gasteiger partial charge in [-0.3, -0.25) is 4.39 Å². The molecule has 1 heteroatoms. The maximum absolute atomic E-state index is 11.8. The highest BCUT2D eigenvalue weighted by Gasteiger charge is 2.11. The summed E-state index contributed by atoms with van der Waals surface area (Å²) in [5.74, 6) is 1.51. The third-order valence-corrected chi connectivity index (χ3v) is 2.66. The third kappa shape index (κ3) is 3.38. The summed E-state index contributed by atoms with van der Waals surface area (Å²) in [5.41, 5.74) is 0. The van der Waals surface area contributed by atoms with Gasteiger partial charge in [0, 0.05) is 0 Å². The Labute approximate surface area is 74.9 Å². The van der Waals surface area contributed by atoms with E-state index in [1.54, 1.807) is 0 Å². The maximum atomic E-state index is 11.8. The number of hydrogen-bond acceptors (Lipinski definition) is 0. The molecule has 0 N–H and O–H groups in total. The Morgan fingerprint density at radius 3 is 2.67 bits per heavy atom. The first-order chi connectivity index (χ1) is 5.83. The molecule has 0 amide bonds. The summed E-state index contributed by atoms with van der Waals surface area (Å²) in [6.45, 7) is 2.11. The van der Waals surface area contributed by atoms with E-state index in [0.29, 0.717) is 0 Å². The van der Waals surface area contributed by atoms with Crippen molar-refractivity contribution in [2.75, 3.05) is 6.67 Å². The van der Waals surface area contributed by atoms with Crippen molar-refractivity contribution in [1.82, 2.24) is 0 Å². The molecule has 0 heterocycles. The smallest absolute Gasteiger partial charge is 0.0894 e. The zero-order valence-corrected chi connectivity index (χ0v) is 7.93. The van der Waals surface area contributed by atoms with Crippen molar-refractivity contribution in [2.24, 2.45) is 11.8 Å². The van der Waals surface area contributed by atoms with E-state index in [-0.39, 0.29) is 6.67 Å². The summed E-state index contributed by atoms with van der Waals surface area (Å²) in [7, 11) is 0. The number of hydrogen-bond donors (Lipinski definition) is 0. The molecule has 0 nitrogen and oxygen atoms in total. The molecule has 0 saturated carbocycles. The molecule has 0 saturated heterocycles. The van der Waals surface area contributed by atoms with Gasteiger partial charge in [-0.05, 0) is 37.5 Å². The average molecular weight is 170 g/mol. The first-order valence-electron chi connectivity index (χ1n) is 5.07. The number of unbranched alkanes of at least 4 members (excludes halogenated alkanes) is 1. The monoisotopic (exact) mass is 170 g/mol. The van der Waals surface area contributed by atoms with Crippen LogP contribution in [0.5, 0.6) is 0 Å². The molecule has 0 aromatic rings. The third-order valence-electron chi connectivity index (χ3n) is 2.66. The van der Waals surface area contributed by atoms with E-state index in [9.17, 15) is 4.39 Å². The van der Waals surface area contributed by atoms with E-state index in [1.165, 1.54) is 19.3 Å². The van der Waals surface area contributed by atoms with Gasteiger partial charge < -0.3 is 0 Å². The molecule has 0 fully saturated rings. The van der Waals surface area contributed by atoms with Gasteiger partial charge in [0.25, 0.3) is 0 Å². The Kier molecular flexibility index (Phi) is 4.34. The van der Waals surface area contributed by atoms with Crippen LogP contribution in [-0.4, -0.2) is 6.67 Å². The van der Waals surface area contributed by atoms with Crippen LogP contribution in [0.15, 0.2) is 12.2 Å². The Balaban J connectivity index is 2.13. The molecule has 12 heavy (non-hydrogen) atoms. The molecule has 1 rings (SSSR count). The highest BCUT2D eigenvalue weighted by Crippen LogP contribution is 2.25. The molecule has 70 valence electrons. The molecule has 1 aliphatic rings. The van der Waals surface area contributed by atoms with Crippen LogP contribution in [0.4, 0.5) is 4.39 Å². The lowest BCUT2D eigenvalue weighted by molar-refractivity contribution is 0.407. The SMILES string of the molecule is CC1C=CC(CCCCF)CC1. The first kappa shape index (κ1) is 9.76. The van der Waals surface area contributed by atoms with Crippen molar-refractivity contribution >= 4 is 0 Å².